The van der Waals surface area contributed by atoms with Crippen LogP contribution in [0.4, 0.5) is 5.69 Å². The van der Waals surface area contributed by atoms with E-state index in [2.05, 4.69) is 25.2 Å². The highest BCUT2D eigenvalue weighted by atomic mass is 16.2. The lowest BCUT2D eigenvalue weighted by molar-refractivity contribution is -0.122. The summed E-state index contributed by atoms with van der Waals surface area (Å²) in [5.74, 6) is 0.0458. The lowest BCUT2D eigenvalue weighted by Gasteiger charge is -2.42. The van der Waals surface area contributed by atoms with E-state index in [0.717, 1.165) is 5.69 Å². The van der Waals surface area contributed by atoms with E-state index in [-0.39, 0.29) is 17.5 Å². The molecule has 1 saturated heterocycles. The van der Waals surface area contributed by atoms with Crippen LogP contribution >= 0.6 is 0 Å². The Kier molecular flexibility index (Phi) is 3.10. The molecule has 1 aromatic carbocycles. The normalized spacial score (nSPS) is 22.7. The number of hydrogen-bond acceptors (Lipinski definition) is 3. The maximum atomic E-state index is 12.2. The molecule has 0 bridgehead atoms. The van der Waals surface area contributed by atoms with Crippen molar-refractivity contribution in [1.29, 1.82) is 5.26 Å². The number of amides is 1. The van der Waals surface area contributed by atoms with Crippen molar-refractivity contribution in [1.82, 2.24) is 5.32 Å². The van der Waals surface area contributed by atoms with E-state index >= 15 is 0 Å². The Labute approximate surface area is 107 Å². The fourth-order valence-corrected chi connectivity index (χ4v) is 2.36. The van der Waals surface area contributed by atoms with E-state index in [9.17, 15) is 4.79 Å². The average molecular weight is 243 g/mol. The summed E-state index contributed by atoms with van der Waals surface area (Å²) >= 11 is 0. The molecule has 1 N–H and O–H groups in total. The van der Waals surface area contributed by atoms with Gasteiger partial charge in [0, 0.05) is 17.8 Å². The smallest absolute Gasteiger partial charge is 0.243 e. The standard InChI is InChI=1S/C14H17N3O/c1-10-13(18)17(9-14(2,3)16-10)12-6-4-5-11(7-12)8-15/h4-7,10,16H,9H2,1-3H3. The Morgan fingerprint density at radius 2 is 2.22 bits per heavy atom. The van der Waals surface area contributed by atoms with Gasteiger partial charge in [-0.05, 0) is 39.0 Å². The molecule has 0 aromatic heterocycles. The number of piperazine rings is 1. The zero-order valence-electron chi connectivity index (χ0n) is 10.9. The van der Waals surface area contributed by atoms with Gasteiger partial charge in [0.05, 0.1) is 17.7 Å². The highest BCUT2D eigenvalue weighted by molar-refractivity contribution is 5.98. The van der Waals surface area contributed by atoms with Crippen molar-refractivity contribution in [2.24, 2.45) is 0 Å². The molecule has 1 atom stereocenters. The average Bonchev–Trinajstić information content (AvgIpc) is 2.33. The molecule has 94 valence electrons. The number of carbonyl (C=O) groups is 1. The second kappa shape index (κ2) is 4.43. The van der Waals surface area contributed by atoms with Crippen LogP contribution < -0.4 is 10.2 Å². The van der Waals surface area contributed by atoms with Gasteiger partial charge in [-0.25, -0.2) is 0 Å². The molecule has 1 aliphatic heterocycles. The fourth-order valence-electron chi connectivity index (χ4n) is 2.36. The van der Waals surface area contributed by atoms with Crippen molar-refractivity contribution >= 4 is 11.6 Å². The van der Waals surface area contributed by atoms with Crippen LogP contribution in [0.5, 0.6) is 0 Å². The van der Waals surface area contributed by atoms with Crippen molar-refractivity contribution in [3.8, 4) is 6.07 Å². The third-order valence-electron chi connectivity index (χ3n) is 3.08. The van der Waals surface area contributed by atoms with Crippen molar-refractivity contribution in [2.45, 2.75) is 32.4 Å². The van der Waals surface area contributed by atoms with Gasteiger partial charge >= 0.3 is 0 Å². The van der Waals surface area contributed by atoms with Gasteiger partial charge in [-0.15, -0.1) is 0 Å². The summed E-state index contributed by atoms with van der Waals surface area (Å²) in [6.45, 7) is 6.60. The molecule has 1 fully saturated rings. The predicted molar refractivity (Wildman–Crippen MR) is 70.2 cm³/mol. The largest absolute Gasteiger partial charge is 0.309 e. The third-order valence-corrected chi connectivity index (χ3v) is 3.08. The molecule has 1 aliphatic rings. The summed E-state index contributed by atoms with van der Waals surface area (Å²) in [6.07, 6.45) is 0. The molecule has 2 rings (SSSR count). The zero-order chi connectivity index (χ0) is 13.3. The highest BCUT2D eigenvalue weighted by Crippen LogP contribution is 2.23. The lowest BCUT2D eigenvalue weighted by atomic mass is 9.98. The van der Waals surface area contributed by atoms with Crippen LogP contribution in [0, 0.1) is 11.3 Å². The van der Waals surface area contributed by atoms with Crippen molar-refractivity contribution in [2.75, 3.05) is 11.4 Å². The Hall–Kier alpha value is -1.86. The Balaban J connectivity index is 2.36. The molecule has 1 aromatic rings. The van der Waals surface area contributed by atoms with Crippen LogP contribution in [-0.2, 0) is 4.79 Å². The van der Waals surface area contributed by atoms with E-state index in [1.165, 1.54) is 0 Å². The number of nitrogens with zero attached hydrogens (tertiary/aromatic N) is 2. The zero-order valence-corrected chi connectivity index (χ0v) is 10.9. The minimum Gasteiger partial charge on any atom is -0.309 e. The number of nitriles is 1. The Morgan fingerprint density at radius 1 is 1.50 bits per heavy atom. The van der Waals surface area contributed by atoms with Gasteiger partial charge in [-0.2, -0.15) is 5.26 Å². The number of benzene rings is 1. The third kappa shape index (κ3) is 2.36. The summed E-state index contributed by atoms with van der Waals surface area (Å²) in [5, 5.41) is 12.2. The molecule has 1 unspecified atom stereocenters. The topological polar surface area (TPSA) is 56.1 Å². The molecular weight excluding hydrogens is 226 g/mol. The molecule has 0 aliphatic carbocycles. The first kappa shape index (κ1) is 12.6. The lowest BCUT2D eigenvalue weighted by Crippen LogP contribution is -2.64. The quantitative estimate of drug-likeness (QED) is 0.816. The van der Waals surface area contributed by atoms with Gasteiger partial charge in [0.2, 0.25) is 5.91 Å². The van der Waals surface area contributed by atoms with Crippen LogP contribution in [0.1, 0.15) is 26.3 Å². The number of nitrogens with one attached hydrogen (secondary N) is 1. The molecule has 0 radical (unpaired) electrons. The molecule has 1 heterocycles. The van der Waals surface area contributed by atoms with Crippen LogP contribution in [0.3, 0.4) is 0 Å². The SMILES string of the molecule is CC1NC(C)(C)CN(c2cccc(C#N)c2)C1=O. The van der Waals surface area contributed by atoms with Crippen molar-refractivity contribution < 1.29 is 4.79 Å². The van der Waals surface area contributed by atoms with E-state index < -0.39 is 0 Å². The Morgan fingerprint density at radius 3 is 2.89 bits per heavy atom. The van der Waals surface area contributed by atoms with Crippen molar-refractivity contribution in [3.63, 3.8) is 0 Å². The highest BCUT2D eigenvalue weighted by Gasteiger charge is 2.36. The minimum absolute atomic E-state index is 0.0458. The number of anilines is 1. The van der Waals surface area contributed by atoms with Gasteiger partial charge in [0.25, 0.3) is 0 Å². The summed E-state index contributed by atoms with van der Waals surface area (Å²) < 4.78 is 0. The maximum Gasteiger partial charge on any atom is 0.243 e. The molecule has 4 heteroatoms. The predicted octanol–water partition coefficient (Wildman–Crippen LogP) is 1.66. The molecular formula is C14H17N3O. The van der Waals surface area contributed by atoms with Crippen LogP contribution in [0.25, 0.3) is 0 Å². The fraction of sp³-hybridized carbons (Fsp3) is 0.429. The van der Waals surface area contributed by atoms with Crippen molar-refractivity contribution in [3.05, 3.63) is 29.8 Å². The van der Waals surface area contributed by atoms with Gasteiger partial charge in [-0.3, -0.25) is 10.1 Å². The van der Waals surface area contributed by atoms with Crippen LogP contribution in [-0.4, -0.2) is 24.0 Å². The van der Waals surface area contributed by atoms with E-state index in [4.69, 9.17) is 5.26 Å². The summed E-state index contributed by atoms with van der Waals surface area (Å²) in [5.41, 5.74) is 1.24. The summed E-state index contributed by atoms with van der Waals surface area (Å²) in [6, 6.07) is 9.06. The second-order valence-corrected chi connectivity index (χ2v) is 5.34. The molecule has 1 amide bonds. The van der Waals surface area contributed by atoms with E-state index in [1.807, 2.05) is 13.0 Å². The monoisotopic (exact) mass is 243 g/mol. The van der Waals surface area contributed by atoms with E-state index in [1.54, 1.807) is 23.1 Å². The van der Waals surface area contributed by atoms with Gasteiger partial charge in [0.1, 0.15) is 0 Å². The number of carbonyl (C=O) groups excluding carboxylic acids is 1. The maximum absolute atomic E-state index is 12.2. The van der Waals surface area contributed by atoms with Gasteiger partial charge in [0.15, 0.2) is 0 Å². The molecule has 0 spiro atoms. The first-order valence-corrected chi connectivity index (χ1v) is 6.02. The molecule has 18 heavy (non-hydrogen) atoms. The first-order valence-electron chi connectivity index (χ1n) is 6.02. The van der Waals surface area contributed by atoms with Crippen LogP contribution in [0.15, 0.2) is 24.3 Å². The van der Waals surface area contributed by atoms with Crippen LogP contribution in [0.2, 0.25) is 0 Å². The molecule has 4 nitrogen and oxygen atoms in total. The van der Waals surface area contributed by atoms with Gasteiger partial charge < -0.3 is 4.90 Å². The summed E-state index contributed by atoms with van der Waals surface area (Å²) in [4.78, 5) is 13.9. The minimum atomic E-state index is -0.209. The van der Waals surface area contributed by atoms with Gasteiger partial charge in [-0.1, -0.05) is 6.07 Å². The molecule has 0 saturated carbocycles. The number of hydrogen-bond donors (Lipinski definition) is 1. The number of rotatable bonds is 1. The second-order valence-electron chi connectivity index (χ2n) is 5.34. The summed E-state index contributed by atoms with van der Waals surface area (Å²) in [7, 11) is 0. The van der Waals surface area contributed by atoms with E-state index in [0.29, 0.717) is 12.1 Å². The first-order chi connectivity index (χ1) is 8.43. The Bertz CT molecular complexity index is 516.